The molecule has 1 amide bonds. The van der Waals surface area contributed by atoms with Crippen molar-refractivity contribution in [2.75, 3.05) is 17.6 Å². The van der Waals surface area contributed by atoms with Crippen molar-refractivity contribution >= 4 is 17.4 Å². The van der Waals surface area contributed by atoms with E-state index < -0.39 is 5.91 Å². The van der Waals surface area contributed by atoms with Crippen LogP contribution in [0, 0.1) is 6.92 Å². The molecule has 0 radical (unpaired) electrons. The topological polar surface area (TPSA) is 125 Å². The highest BCUT2D eigenvalue weighted by Crippen LogP contribution is 2.20. The molecule has 8 nitrogen and oxygen atoms in total. The maximum Gasteiger partial charge on any atom is 0.278 e. The molecular formula is C17H19N7O. The number of aromatic nitrogens is 4. The molecule has 128 valence electrons. The minimum absolute atomic E-state index is 0.0734. The fourth-order valence-electron chi connectivity index (χ4n) is 2.56. The van der Waals surface area contributed by atoms with Crippen LogP contribution >= 0.6 is 0 Å². The molecule has 0 aliphatic heterocycles. The number of aryl methyl sites for hydroxylation is 1. The Hall–Kier alpha value is -3.26. The SMILES string of the molecule is Cc1cccc(C(CN)n2cc(NC(=O)c3nccnc3N)cn2)c1. The zero-order valence-corrected chi connectivity index (χ0v) is 13.8. The van der Waals surface area contributed by atoms with Gasteiger partial charge in [0, 0.05) is 25.1 Å². The number of rotatable bonds is 5. The largest absolute Gasteiger partial charge is 0.382 e. The van der Waals surface area contributed by atoms with E-state index in [1.54, 1.807) is 17.1 Å². The van der Waals surface area contributed by atoms with Crippen LogP contribution in [-0.2, 0) is 0 Å². The molecule has 0 aliphatic rings. The zero-order chi connectivity index (χ0) is 17.8. The van der Waals surface area contributed by atoms with Gasteiger partial charge in [-0.1, -0.05) is 29.8 Å². The molecule has 0 saturated heterocycles. The minimum atomic E-state index is -0.440. The molecular weight excluding hydrogens is 318 g/mol. The van der Waals surface area contributed by atoms with E-state index in [-0.39, 0.29) is 17.6 Å². The number of amides is 1. The fourth-order valence-corrected chi connectivity index (χ4v) is 2.56. The van der Waals surface area contributed by atoms with E-state index in [1.165, 1.54) is 12.4 Å². The summed E-state index contributed by atoms with van der Waals surface area (Å²) in [6.45, 7) is 2.41. The van der Waals surface area contributed by atoms with Gasteiger partial charge >= 0.3 is 0 Å². The number of nitrogen functional groups attached to an aromatic ring is 1. The number of hydrogen-bond donors (Lipinski definition) is 3. The summed E-state index contributed by atoms with van der Waals surface area (Å²) in [6.07, 6.45) is 6.13. The van der Waals surface area contributed by atoms with Crippen LogP contribution in [0.2, 0.25) is 0 Å². The van der Waals surface area contributed by atoms with Crippen LogP contribution < -0.4 is 16.8 Å². The van der Waals surface area contributed by atoms with Crippen LogP contribution in [0.4, 0.5) is 11.5 Å². The lowest BCUT2D eigenvalue weighted by atomic mass is 10.0. The van der Waals surface area contributed by atoms with E-state index in [2.05, 4.69) is 26.4 Å². The molecule has 1 atom stereocenters. The third-order valence-electron chi connectivity index (χ3n) is 3.77. The van der Waals surface area contributed by atoms with Crippen molar-refractivity contribution in [1.82, 2.24) is 19.7 Å². The molecule has 0 aliphatic carbocycles. The normalized spacial score (nSPS) is 11.9. The smallest absolute Gasteiger partial charge is 0.278 e. The van der Waals surface area contributed by atoms with E-state index in [0.29, 0.717) is 12.2 Å². The number of hydrogen-bond acceptors (Lipinski definition) is 6. The van der Waals surface area contributed by atoms with Gasteiger partial charge in [-0.2, -0.15) is 5.10 Å². The molecule has 2 aromatic heterocycles. The van der Waals surface area contributed by atoms with Gasteiger partial charge in [0.2, 0.25) is 0 Å². The van der Waals surface area contributed by atoms with Crippen molar-refractivity contribution in [3.05, 3.63) is 65.9 Å². The van der Waals surface area contributed by atoms with Gasteiger partial charge in [-0.25, -0.2) is 9.97 Å². The maximum atomic E-state index is 12.2. The lowest BCUT2D eigenvalue weighted by molar-refractivity contribution is 0.102. The molecule has 1 aromatic carbocycles. The van der Waals surface area contributed by atoms with Gasteiger partial charge in [-0.05, 0) is 12.5 Å². The Morgan fingerprint density at radius 2 is 2.12 bits per heavy atom. The van der Waals surface area contributed by atoms with E-state index in [9.17, 15) is 4.79 Å². The van der Waals surface area contributed by atoms with E-state index in [1.807, 2.05) is 25.1 Å². The Kier molecular flexibility index (Phi) is 4.71. The Balaban J connectivity index is 1.80. The van der Waals surface area contributed by atoms with Gasteiger partial charge < -0.3 is 16.8 Å². The van der Waals surface area contributed by atoms with Crippen LogP contribution in [0.15, 0.2) is 49.1 Å². The molecule has 0 spiro atoms. The molecule has 2 heterocycles. The van der Waals surface area contributed by atoms with Crippen molar-refractivity contribution in [3.8, 4) is 0 Å². The first-order chi connectivity index (χ1) is 12.1. The van der Waals surface area contributed by atoms with E-state index in [0.717, 1.165) is 11.1 Å². The van der Waals surface area contributed by atoms with Crippen molar-refractivity contribution in [2.45, 2.75) is 13.0 Å². The molecule has 1 unspecified atom stereocenters. The highest BCUT2D eigenvalue weighted by atomic mass is 16.1. The molecule has 5 N–H and O–H groups in total. The van der Waals surface area contributed by atoms with Crippen molar-refractivity contribution in [2.24, 2.45) is 5.73 Å². The summed E-state index contributed by atoms with van der Waals surface area (Å²) in [5.41, 5.74) is 14.4. The molecule has 3 aromatic rings. The second kappa shape index (κ2) is 7.10. The van der Waals surface area contributed by atoms with E-state index in [4.69, 9.17) is 11.5 Å². The molecule has 25 heavy (non-hydrogen) atoms. The predicted octanol–water partition coefficient (Wildman–Crippen LogP) is 1.36. The number of carbonyl (C=O) groups excluding carboxylic acids is 1. The number of carbonyl (C=O) groups is 1. The van der Waals surface area contributed by atoms with Crippen LogP contribution in [0.5, 0.6) is 0 Å². The second-order valence-corrected chi connectivity index (χ2v) is 5.62. The highest BCUT2D eigenvalue weighted by molar-refractivity contribution is 6.05. The van der Waals surface area contributed by atoms with Crippen LogP contribution in [0.25, 0.3) is 0 Å². The first-order valence-electron chi connectivity index (χ1n) is 7.77. The fraction of sp³-hybridized carbons (Fsp3) is 0.176. The number of nitrogens with zero attached hydrogens (tertiary/aromatic N) is 4. The Labute approximate surface area is 144 Å². The van der Waals surface area contributed by atoms with Crippen molar-refractivity contribution in [1.29, 1.82) is 0 Å². The molecule has 0 bridgehead atoms. The highest BCUT2D eigenvalue weighted by Gasteiger charge is 2.16. The second-order valence-electron chi connectivity index (χ2n) is 5.62. The van der Waals surface area contributed by atoms with Crippen LogP contribution in [0.1, 0.15) is 27.7 Å². The summed E-state index contributed by atoms with van der Waals surface area (Å²) >= 11 is 0. The quantitative estimate of drug-likeness (QED) is 0.645. The summed E-state index contributed by atoms with van der Waals surface area (Å²) < 4.78 is 1.73. The molecule has 0 fully saturated rings. The summed E-state index contributed by atoms with van der Waals surface area (Å²) in [5, 5.41) is 7.03. The van der Waals surface area contributed by atoms with E-state index >= 15 is 0 Å². The first-order valence-corrected chi connectivity index (χ1v) is 7.77. The van der Waals surface area contributed by atoms with Gasteiger partial charge in [0.15, 0.2) is 11.5 Å². The zero-order valence-electron chi connectivity index (χ0n) is 13.8. The van der Waals surface area contributed by atoms with Crippen LogP contribution in [-0.4, -0.2) is 32.2 Å². The lowest BCUT2D eigenvalue weighted by Crippen LogP contribution is -2.21. The maximum absolute atomic E-state index is 12.2. The Bertz CT molecular complexity index is 890. The van der Waals surface area contributed by atoms with Crippen molar-refractivity contribution < 1.29 is 4.79 Å². The molecule has 8 heteroatoms. The van der Waals surface area contributed by atoms with Gasteiger partial charge in [-0.15, -0.1) is 0 Å². The third-order valence-corrected chi connectivity index (χ3v) is 3.77. The summed E-state index contributed by atoms with van der Waals surface area (Å²) in [6, 6.07) is 7.96. The minimum Gasteiger partial charge on any atom is -0.382 e. The van der Waals surface area contributed by atoms with Gasteiger partial charge in [0.1, 0.15) is 0 Å². The number of nitrogens with two attached hydrogens (primary N) is 2. The van der Waals surface area contributed by atoms with Gasteiger partial charge in [0.25, 0.3) is 5.91 Å². The summed E-state index contributed by atoms with van der Waals surface area (Å²) in [4.78, 5) is 20.0. The average molecular weight is 337 g/mol. The number of anilines is 2. The third kappa shape index (κ3) is 3.64. The first kappa shape index (κ1) is 16.6. The molecule has 3 rings (SSSR count). The summed E-state index contributed by atoms with van der Waals surface area (Å²) in [5.74, 6) is -0.364. The summed E-state index contributed by atoms with van der Waals surface area (Å²) in [7, 11) is 0. The lowest BCUT2D eigenvalue weighted by Gasteiger charge is -2.16. The van der Waals surface area contributed by atoms with Gasteiger partial charge in [0.05, 0.1) is 17.9 Å². The standard InChI is InChI=1S/C17H19N7O/c1-11-3-2-4-12(7-11)14(8-18)24-10-13(9-22-24)23-17(25)15-16(19)21-6-5-20-15/h2-7,9-10,14H,8,18H2,1H3,(H2,19,21)(H,23,25). The number of nitrogens with one attached hydrogen (secondary N) is 1. The monoisotopic (exact) mass is 337 g/mol. The van der Waals surface area contributed by atoms with Crippen molar-refractivity contribution in [3.63, 3.8) is 0 Å². The van der Waals surface area contributed by atoms with Crippen LogP contribution in [0.3, 0.4) is 0 Å². The average Bonchev–Trinajstić information content (AvgIpc) is 3.04. The Morgan fingerprint density at radius 1 is 1.32 bits per heavy atom. The molecule has 0 saturated carbocycles. The predicted molar refractivity (Wildman–Crippen MR) is 95.0 cm³/mol. The van der Waals surface area contributed by atoms with Gasteiger partial charge in [-0.3, -0.25) is 9.48 Å². The Morgan fingerprint density at radius 3 is 2.84 bits per heavy atom. The number of benzene rings is 1.